The van der Waals surface area contributed by atoms with Crippen molar-refractivity contribution < 1.29 is 9.18 Å². The summed E-state index contributed by atoms with van der Waals surface area (Å²) < 4.78 is 15.2. The molecule has 1 aromatic heterocycles. The second-order valence-corrected chi connectivity index (χ2v) is 3.93. The summed E-state index contributed by atoms with van der Waals surface area (Å²) in [5.74, 6) is -0.840. The smallest absolute Gasteiger partial charge is 0.231 e. The van der Waals surface area contributed by atoms with E-state index in [0.29, 0.717) is 6.54 Å². The van der Waals surface area contributed by atoms with Crippen molar-refractivity contribution in [3.05, 3.63) is 52.8 Å². The maximum atomic E-state index is 13.6. The maximum absolute atomic E-state index is 13.6. The van der Waals surface area contributed by atoms with Gasteiger partial charge in [-0.2, -0.15) is 0 Å². The zero-order chi connectivity index (χ0) is 12.4. The summed E-state index contributed by atoms with van der Waals surface area (Å²) in [6, 6.07) is 3.97. The summed E-state index contributed by atoms with van der Waals surface area (Å²) in [6.07, 6.45) is 3.20. The summed E-state index contributed by atoms with van der Waals surface area (Å²) in [4.78, 5) is 16.0. The van der Waals surface area contributed by atoms with Crippen LogP contribution in [0, 0.1) is 5.82 Å². The van der Waals surface area contributed by atoms with Gasteiger partial charge in [-0.15, -0.1) is 0 Å². The number of imidazole rings is 1. The average molecular weight is 253 g/mol. The number of halogens is 2. The number of hydrogen-bond acceptors (Lipinski definition) is 2. The summed E-state index contributed by atoms with van der Waals surface area (Å²) in [6.45, 7) is 2.49. The van der Waals surface area contributed by atoms with E-state index in [1.165, 1.54) is 18.3 Å². The van der Waals surface area contributed by atoms with Gasteiger partial charge in [-0.25, -0.2) is 9.37 Å². The second kappa shape index (κ2) is 4.67. The number of carbonyl (C=O) groups excluding carboxylic acids is 1. The Labute approximate surface area is 103 Å². The van der Waals surface area contributed by atoms with Crippen LogP contribution in [0.3, 0.4) is 0 Å². The van der Waals surface area contributed by atoms with Crippen molar-refractivity contribution in [2.24, 2.45) is 0 Å². The first-order valence-corrected chi connectivity index (χ1v) is 5.52. The number of hydrogen-bond donors (Lipinski definition) is 0. The third-order valence-corrected chi connectivity index (χ3v) is 2.67. The molecule has 0 fully saturated rings. The molecule has 0 unspecified atom stereocenters. The van der Waals surface area contributed by atoms with Crippen molar-refractivity contribution >= 4 is 17.4 Å². The Kier molecular flexibility index (Phi) is 3.24. The highest BCUT2D eigenvalue weighted by Crippen LogP contribution is 2.17. The minimum absolute atomic E-state index is 0.0182. The van der Waals surface area contributed by atoms with Crippen LogP contribution in [-0.4, -0.2) is 15.3 Å². The number of benzene rings is 1. The van der Waals surface area contributed by atoms with E-state index in [2.05, 4.69) is 4.98 Å². The molecule has 1 heterocycles. The molecule has 3 nitrogen and oxygen atoms in total. The average Bonchev–Trinajstić information content (AvgIpc) is 2.76. The van der Waals surface area contributed by atoms with E-state index in [1.54, 1.807) is 10.8 Å². The number of rotatable bonds is 3. The van der Waals surface area contributed by atoms with Gasteiger partial charge >= 0.3 is 0 Å². The molecule has 88 valence electrons. The van der Waals surface area contributed by atoms with Gasteiger partial charge in [0.25, 0.3) is 0 Å². The SMILES string of the molecule is CCn1ccnc1C(=O)c1ccc(Cl)cc1F. The Morgan fingerprint density at radius 1 is 1.53 bits per heavy atom. The van der Waals surface area contributed by atoms with Gasteiger partial charge in [-0.05, 0) is 25.1 Å². The van der Waals surface area contributed by atoms with Crippen LogP contribution >= 0.6 is 11.6 Å². The zero-order valence-electron chi connectivity index (χ0n) is 9.15. The van der Waals surface area contributed by atoms with Gasteiger partial charge in [0.05, 0.1) is 5.56 Å². The Morgan fingerprint density at radius 3 is 2.94 bits per heavy atom. The molecule has 0 saturated heterocycles. The Bertz CT molecular complexity index is 565. The molecule has 2 rings (SSSR count). The molecular formula is C12H10ClFN2O. The largest absolute Gasteiger partial charge is 0.328 e. The molecule has 1 aromatic carbocycles. The van der Waals surface area contributed by atoms with Crippen LogP contribution in [0.2, 0.25) is 5.02 Å². The normalized spacial score (nSPS) is 10.5. The van der Waals surface area contributed by atoms with Gasteiger partial charge in [0, 0.05) is 24.0 Å². The topological polar surface area (TPSA) is 34.9 Å². The summed E-state index contributed by atoms with van der Waals surface area (Å²) in [7, 11) is 0. The standard InChI is InChI=1S/C12H10ClFN2O/c1-2-16-6-5-15-12(16)11(17)9-4-3-8(13)7-10(9)14/h3-7H,2H2,1H3. The number of aryl methyl sites for hydroxylation is 1. The molecule has 0 atom stereocenters. The van der Waals surface area contributed by atoms with Gasteiger partial charge < -0.3 is 4.57 Å². The highest BCUT2D eigenvalue weighted by atomic mass is 35.5. The van der Waals surface area contributed by atoms with Crippen molar-refractivity contribution in [3.63, 3.8) is 0 Å². The zero-order valence-corrected chi connectivity index (χ0v) is 9.91. The van der Waals surface area contributed by atoms with Crippen molar-refractivity contribution in [1.29, 1.82) is 0 Å². The van der Waals surface area contributed by atoms with E-state index in [4.69, 9.17) is 11.6 Å². The molecule has 2 aromatic rings. The Morgan fingerprint density at radius 2 is 2.29 bits per heavy atom. The molecular weight excluding hydrogens is 243 g/mol. The molecule has 0 aliphatic carbocycles. The van der Waals surface area contributed by atoms with Gasteiger partial charge in [0.1, 0.15) is 5.82 Å². The van der Waals surface area contributed by atoms with Crippen LogP contribution in [-0.2, 0) is 6.54 Å². The van der Waals surface area contributed by atoms with E-state index in [-0.39, 0.29) is 16.4 Å². The fourth-order valence-corrected chi connectivity index (χ4v) is 1.73. The van der Waals surface area contributed by atoms with E-state index in [0.717, 1.165) is 6.07 Å². The van der Waals surface area contributed by atoms with Crippen LogP contribution in [0.1, 0.15) is 23.1 Å². The van der Waals surface area contributed by atoms with E-state index < -0.39 is 11.6 Å². The van der Waals surface area contributed by atoms with Crippen molar-refractivity contribution in [3.8, 4) is 0 Å². The van der Waals surface area contributed by atoms with Crippen molar-refractivity contribution in [2.75, 3.05) is 0 Å². The van der Waals surface area contributed by atoms with Gasteiger partial charge in [-0.3, -0.25) is 4.79 Å². The molecule has 0 spiro atoms. The van der Waals surface area contributed by atoms with Crippen LogP contribution in [0.15, 0.2) is 30.6 Å². The summed E-state index contributed by atoms with van der Waals surface area (Å²) >= 11 is 5.63. The van der Waals surface area contributed by atoms with Gasteiger partial charge in [0.2, 0.25) is 5.78 Å². The molecule has 0 N–H and O–H groups in total. The van der Waals surface area contributed by atoms with Gasteiger partial charge in [-0.1, -0.05) is 11.6 Å². The van der Waals surface area contributed by atoms with Crippen LogP contribution in [0.5, 0.6) is 0 Å². The lowest BCUT2D eigenvalue weighted by Crippen LogP contribution is -2.12. The molecule has 0 saturated carbocycles. The van der Waals surface area contributed by atoms with E-state index >= 15 is 0 Å². The third-order valence-electron chi connectivity index (χ3n) is 2.44. The quantitative estimate of drug-likeness (QED) is 0.788. The predicted molar refractivity (Wildman–Crippen MR) is 62.7 cm³/mol. The first-order valence-electron chi connectivity index (χ1n) is 5.14. The Balaban J connectivity index is 2.44. The molecule has 0 radical (unpaired) electrons. The van der Waals surface area contributed by atoms with Crippen molar-refractivity contribution in [2.45, 2.75) is 13.5 Å². The molecule has 0 aliphatic rings. The molecule has 5 heteroatoms. The first kappa shape index (κ1) is 11.8. The number of carbonyl (C=O) groups is 1. The van der Waals surface area contributed by atoms with E-state index in [1.807, 2.05) is 6.92 Å². The molecule has 0 bridgehead atoms. The lowest BCUT2D eigenvalue weighted by atomic mass is 10.1. The molecule has 17 heavy (non-hydrogen) atoms. The monoisotopic (exact) mass is 252 g/mol. The summed E-state index contributed by atoms with van der Waals surface area (Å²) in [5, 5.41) is 0.262. The maximum Gasteiger partial charge on any atom is 0.231 e. The third kappa shape index (κ3) is 2.22. The number of aromatic nitrogens is 2. The number of ketones is 1. The second-order valence-electron chi connectivity index (χ2n) is 3.49. The highest BCUT2D eigenvalue weighted by molar-refractivity contribution is 6.30. The fraction of sp³-hybridized carbons (Fsp3) is 0.167. The lowest BCUT2D eigenvalue weighted by Gasteiger charge is -2.05. The highest BCUT2D eigenvalue weighted by Gasteiger charge is 2.18. The predicted octanol–water partition coefficient (Wildman–Crippen LogP) is 2.93. The summed E-state index contributed by atoms with van der Waals surface area (Å²) in [5.41, 5.74) is -0.0182. The van der Waals surface area contributed by atoms with Crippen molar-refractivity contribution in [1.82, 2.24) is 9.55 Å². The first-order chi connectivity index (χ1) is 8.13. The molecule has 0 aliphatic heterocycles. The minimum atomic E-state index is -0.631. The minimum Gasteiger partial charge on any atom is -0.328 e. The van der Waals surface area contributed by atoms with Gasteiger partial charge in [0.15, 0.2) is 5.82 Å². The van der Waals surface area contributed by atoms with E-state index in [9.17, 15) is 9.18 Å². The molecule has 0 amide bonds. The number of nitrogens with zero attached hydrogens (tertiary/aromatic N) is 2. The Hall–Kier alpha value is -1.68. The lowest BCUT2D eigenvalue weighted by molar-refractivity contribution is 0.102. The van der Waals surface area contributed by atoms with Crippen LogP contribution in [0.4, 0.5) is 4.39 Å². The van der Waals surface area contributed by atoms with Crippen LogP contribution in [0.25, 0.3) is 0 Å². The fourth-order valence-electron chi connectivity index (χ4n) is 1.57. The van der Waals surface area contributed by atoms with Crippen LogP contribution < -0.4 is 0 Å².